The normalized spacial score (nSPS) is 11.2. The number of halogens is 1. The minimum absolute atomic E-state index is 0.0334. The molecule has 0 aliphatic heterocycles. The summed E-state index contributed by atoms with van der Waals surface area (Å²) in [6.45, 7) is 0.167. The number of esters is 1. The van der Waals surface area contributed by atoms with E-state index < -0.39 is 11.8 Å². The fraction of sp³-hybridized carbons (Fsp3) is 0.0800. The molecule has 0 radical (unpaired) electrons. The molecule has 164 valence electrons. The number of nitrogens with zero attached hydrogens (tertiary/aromatic N) is 2. The Balaban J connectivity index is 1.51. The lowest BCUT2D eigenvalue weighted by Gasteiger charge is -2.12. The van der Waals surface area contributed by atoms with Crippen molar-refractivity contribution in [2.45, 2.75) is 11.8 Å². The molecule has 6 nitrogen and oxygen atoms in total. The predicted molar refractivity (Wildman–Crippen MR) is 126 cm³/mol. The average molecular weight is 460 g/mol. The first-order valence-corrected chi connectivity index (χ1v) is 11.2. The number of carbonyl (C=O) groups excluding carboxylic acids is 1. The maximum atomic E-state index is 13.5. The summed E-state index contributed by atoms with van der Waals surface area (Å²) in [6.07, 6.45) is 0. The molecule has 0 aliphatic rings. The second kappa shape index (κ2) is 8.91. The first-order valence-electron chi connectivity index (χ1n) is 10.2. The SMILES string of the molecule is O=C(CSc1nc2c([nH]c3ccccc32)c(=O)n1-c1ccc(F)cc1)OCc1ccccc1. The van der Waals surface area contributed by atoms with Crippen LogP contribution < -0.4 is 5.56 Å². The Labute approximate surface area is 192 Å². The van der Waals surface area contributed by atoms with Crippen LogP contribution in [0.25, 0.3) is 27.6 Å². The van der Waals surface area contributed by atoms with Crippen LogP contribution in [0.15, 0.2) is 88.8 Å². The Kier molecular flexibility index (Phi) is 5.66. The summed E-state index contributed by atoms with van der Waals surface area (Å²) in [5.41, 5.74) is 2.66. The third-order valence-corrected chi connectivity index (χ3v) is 6.05. The summed E-state index contributed by atoms with van der Waals surface area (Å²) in [4.78, 5) is 33.6. The number of aromatic amines is 1. The van der Waals surface area contributed by atoms with E-state index in [4.69, 9.17) is 9.72 Å². The second-order valence-electron chi connectivity index (χ2n) is 7.34. The molecule has 0 unspecified atom stereocenters. The van der Waals surface area contributed by atoms with E-state index in [1.807, 2.05) is 54.6 Å². The van der Waals surface area contributed by atoms with Crippen molar-refractivity contribution in [3.05, 3.63) is 101 Å². The molecule has 5 rings (SSSR count). The number of ether oxygens (including phenoxy) is 1. The van der Waals surface area contributed by atoms with Crippen molar-refractivity contribution >= 4 is 39.7 Å². The molecule has 0 saturated carbocycles. The molecule has 8 heteroatoms. The third-order valence-electron chi connectivity index (χ3n) is 5.14. The topological polar surface area (TPSA) is 77.0 Å². The average Bonchev–Trinajstić information content (AvgIpc) is 3.22. The standard InChI is InChI=1S/C25H18FN3O3S/c26-17-10-12-18(13-11-17)29-24(31)23-22(19-8-4-5-9-20(19)27-23)28-25(29)33-15-21(30)32-14-16-6-2-1-3-7-16/h1-13,27H,14-15H2. The van der Waals surface area contributed by atoms with Gasteiger partial charge in [-0.05, 0) is 35.9 Å². The van der Waals surface area contributed by atoms with E-state index in [9.17, 15) is 14.0 Å². The Morgan fingerprint density at radius 2 is 1.73 bits per heavy atom. The molecule has 33 heavy (non-hydrogen) atoms. The van der Waals surface area contributed by atoms with Gasteiger partial charge in [-0.25, -0.2) is 9.37 Å². The van der Waals surface area contributed by atoms with Crippen molar-refractivity contribution in [1.82, 2.24) is 14.5 Å². The Hall–Kier alpha value is -3.91. The number of nitrogens with one attached hydrogen (secondary N) is 1. The monoisotopic (exact) mass is 459 g/mol. The highest BCUT2D eigenvalue weighted by Gasteiger charge is 2.18. The molecule has 2 aromatic heterocycles. The summed E-state index contributed by atoms with van der Waals surface area (Å²) in [5, 5.41) is 1.13. The first kappa shape index (κ1) is 21.0. The summed E-state index contributed by atoms with van der Waals surface area (Å²) in [6, 6.07) is 22.4. The molecule has 0 spiro atoms. The van der Waals surface area contributed by atoms with Crippen LogP contribution in [0.3, 0.4) is 0 Å². The predicted octanol–water partition coefficient (Wildman–Crippen LogP) is 4.84. The van der Waals surface area contributed by atoms with E-state index >= 15 is 0 Å². The molecule has 5 aromatic rings. The Morgan fingerprint density at radius 1 is 1.00 bits per heavy atom. The largest absolute Gasteiger partial charge is 0.460 e. The fourth-order valence-corrected chi connectivity index (χ4v) is 4.36. The van der Waals surface area contributed by atoms with Gasteiger partial charge in [0.25, 0.3) is 5.56 Å². The first-order chi connectivity index (χ1) is 16.1. The Bertz CT molecular complexity index is 1510. The number of para-hydroxylation sites is 1. The number of thioether (sulfide) groups is 1. The number of rotatable bonds is 6. The van der Waals surface area contributed by atoms with Gasteiger partial charge in [-0.2, -0.15) is 0 Å². The summed E-state index contributed by atoms with van der Waals surface area (Å²) in [5.74, 6) is -0.873. The van der Waals surface area contributed by atoms with Crippen molar-refractivity contribution in [3.63, 3.8) is 0 Å². The zero-order chi connectivity index (χ0) is 22.8. The minimum atomic E-state index is -0.428. The lowest BCUT2D eigenvalue weighted by atomic mass is 10.2. The number of hydrogen-bond donors (Lipinski definition) is 1. The molecule has 2 heterocycles. The highest BCUT2D eigenvalue weighted by molar-refractivity contribution is 7.99. The van der Waals surface area contributed by atoms with Crippen LogP contribution in [0.1, 0.15) is 5.56 Å². The van der Waals surface area contributed by atoms with Crippen LogP contribution in [-0.2, 0) is 16.1 Å². The number of fused-ring (bicyclic) bond motifs is 3. The maximum Gasteiger partial charge on any atom is 0.316 e. The van der Waals surface area contributed by atoms with E-state index in [1.54, 1.807) is 0 Å². The van der Waals surface area contributed by atoms with Gasteiger partial charge in [-0.15, -0.1) is 0 Å². The fourth-order valence-electron chi connectivity index (χ4n) is 3.56. The smallest absolute Gasteiger partial charge is 0.316 e. The molecule has 0 amide bonds. The number of H-pyrrole nitrogens is 1. The Morgan fingerprint density at radius 3 is 2.52 bits per heavy atom. The van der Waals surface area contributed by atoms with Gasteiger partial charge >= 0.3 is 5.97 Å². The molecule has 0 saturated heterocycles. The van der Waals surface area contributed by atoms with Crippen LogP contribution in [-0.4, -0.2) is 26.3 Å². The van der Waals surface area contributed by atoms with Crippen LogP contribution in [0, 0.1) is 5.82 Å². The van der Waals surface area contributed by atoms with Gasteiger partial charge in [0.2, 0.25) is 0 Å². The van der Waals surface area contributed by atoms with Gasteiger partial charge in [-0.3, -0.25) is 14.2 Å². The molecule has 0 fully saturated rings. The van der Waals surface area contributed by atoms with E-state index in [0.29, 0.717) is 21.9 Å². The summed E-state index contributed by atoms with van der Waals surface area (Å²) in [7, 11) is 0. The van der Waals surface area contributed by atoms with Gasteiger partial charge in [-0.1, -0.05) is 60.3 Å². The maximum absolute atomic E-state index is 13.5. The van der Waals surface area contributed by atoms with Crippen molar-refractivity contribution < 1.29 is 13.9 Å². The molecular weight excluding hydrogens is 441 g/mol. The van der Waals surface area contributed by atoms with E-state index in [0.717, 1.165) is 28.2 Å². The lowest BCUT2D eigenvalue weighted by Crippen LogP contribution is -2.22. The van der Waals surface area contributed by atoms with E-state index in [2.05, 4.69) is 4.98 Å². The second-order valence-corrected chi connectivity index (χ2v) is 8.28. The van der Waals surface area contributed by atoms with Gasteiger partial charge in [0.05, 0.1) is 11.4 Å². The number of hydrogen-bond acceptors (Lipinski definition) is 5. The molecule has 0 atom stereocenters. The van der Waals surface area contributed by atoms with Crippen LogP contribution in [0.2, 0.25) is 0 Å². The van der Waals surface area contributed by atoms with Gasteiger partial charge in [0.15, 0.2) is 5.16 Å². The molecule has 3 aromatic carbocycles. The zero-order valence-electron chi connectivity index (χ0n) is 17.3. The van der Waals surface area contributed by atoms with Crippen molar-refractivity contribution in [2.75, 3.05) is 5.75 Å². The lowest BCUT2D eigenvalue weighted by molar-refractivity contribution is -0.141. The highest BCUT2D eigenvalue weighted by Crippen LogP contribution is 2.26. The van der Waals surface area contributed by atoms with Crippen LogP contribution in [0.5, 0.6) is 0 Å². The quantitative estimate of drug-likeness (QED) is 0.223. The van der Waals surface area contributed by atoms with Crippen LogP contribution in [0.4, 0.5) is 4.39 Å². The van der Waals surface area contributed by atoms with Crippen LogP contribution >= 0.6 is 11.8 Å². The van der Waals surface area contributed by atoms with E-state index in [-0.39, 0.29) is 17.9 Å². The van der Waals surface area contributed by atoms with Gasteiger partial charge in [0.1, 0.15) is 23.5 Å². The molecule has 0 aliphatic carbocycles. The number of carbonyl (C=O) groups is 1. The number of aromatic nitrogens is 3. The molecule has 1 N–H and O–H groups in total. The molecule has 0 bridgehead atoms. The number of benzene rings is 3. The highest BCUT2D eigenvalue weighted by atomic mass is 32.2. The van der Waals surface area contributed by atoms with Gasteiger partial charge in [0, 0.05) is 10.9 Å². The van der Waals surface area contributed by atoms with E-state index in [1.165, 1.54) is 28.8 Å². The van der Waals surface area contributed by atoms with Crippen molar-refractivity contribution in [1.29, 1.82) is 0 Å². The summed E-state index contributed by atoms with van der Waals surface area (Å²) >= 11 is 1.10. The van der Waals surface area contributed by atoms with Gasteiger partial charge < -0.3 is 9.72 Å². The van der Waals surface area contributed by atoms with Crippen molar-refractivity contribution in [3.8, 4) is 5.69 Å². The van der Waals surface area contributed by atoms with Crippen molar-refractivity contribution in [2.24, 2.45) is 0 Å². The minimum Gasteiger partial charge on any atom is -0.460 e. The third kappa shape index (κ3) is 4.25. The zero-order valence-corrected chi connectivity index (χ0v) is 18.1. The summed E-state index contributed by atoms with van der Waals surface area (Å²) < 4.78 is 20.2. The molecular formula is C25H18FN3O3S.